The lowest BCUT2D eigenvalue weighted by Crippen LogP contribution is -2.10. The Kier molecular flexibility index (Phi) is 9.55. The minimum absolute atomic E-state index is 0.222. The van der Waals surface area contributed by atoms with Crippen molar-refractivity contribution in [3.05, 3.63) is 35.9 Å². The van der Waals surface area contributed by atoms with Crippen LogP contribution in [-0.2, 0) is 9.47 Å². The third-order valence-corrected chi connectivity index (χ3v) is 3.08. The number of allylic oxidation sites excluding steroid dienone is 1. The average Bonchev–Trinajstić information content (AvgIpc) is 2.58. The number of rotatable bonds is 11. The summed E-state index contributed by atoms with van der Waals surface area (Å²) in [5.41, 5.74) is 0.424. The summed E-state index contributed by atoms with van der Waals surface area (Å²) in [4.78, 5) is 11.9. The van der Waals surface area contributed by atoms with E-state index in [1.165, 1.54) is 0 Å². The molecule has 0 bridgehead atoms. The number of methoxy groups -OCH3 is 2. The number of ether oxygens (including phenoxy) is 4. The first kappa shape index (κ1) is 19.0. The van der Waals surface area contributed by atoms with Crippen molar-refractivity contribution in [1.29, 1.82) is 0 Å². The molecule has 0 fully saturated rings. The molecule has 0 atom stereocenters. The van der Waals surface area contributed by atoms with Gasteiger partial charge in [-0.3, -0.25) is 0 Å². The summed E-state index contributed by atoms with van der Waals surface area (Å²) in [5, 5.41) is 0. The fourth-order valence-electron chi connectivity index (χ4n) is 1.85. The van der Waals surface area contributed by atoms with Crippen LogP contribution in [0.25, 0.3) is 0 Å². The second kappa shape index (κ2) is 11.5. The minimum Gasteiger partial charge on any atom is -0.493 e. The highest BCUT2D eigenvalue weighted by molar-refractivity contribution is 5.90. The molecule has 5 heteroatoms. The van der Waals surface area contributed by atoms with E-state index in [2.05, 4.69) is 19.1 Å². The lowest BCUT2D eigenvalue weighted by atomic mass is 10.2. The van der Waals surface area contributed by atoms with Crippen molar-refractivity contribution in [3.63, 3.8) is 0 Å². The highest BCUT2D eigenvalue weighted by Gasteiger charge is 2.12. The van der Waals surface area contributed by atoms with Gasteiger partial charge in [-0.15, -0.1) is 0 Å². The fraction of sp³-hybridized carbons (Fsp3) is 0.500. The minimum atomic E-state index is -0.408. The molecule has 0 radical (unpaired) electrons. The Hall–Kier alpha value is -2.01. The van der Waals surface area contributed by atoms with Gasteiger partial charge in [0.25, 0.3) is 0 Å². The van der Waals surface area contributed by atoms with E-state index in [9.17, 15) is 4.79 Å². The maximum atomic E-state index is 11.9. The van der Waals surface area contributed by atoms with Crippen LogP contribution in [0.15, 0.2) is 30.4 Å². The molecule has 0 aliphatic heterocycles. The Morgan fingerprint density at radius 3 is 2.52 bits per heavy atom. The Balaban J connectivity index is 2.56. The molecule has 1 aromatic rings. The van der Waals surface area contributed by atoms with Gasteiger partial charge < -0.3 is 18.9 Å². The standard InChI is InChI=1S/C18H26O5/c1-4-5-6-7-8-11-22-16-10-9-15(14-17(16)21-3)18(19)23-13-12-20-2/h6-7,9-10,14H,4-5,8,11-13H2,1-3H3/b7-6+. The van der Waals surface area contributed by atoms with Gasteiger partial charge in [-0.05, 0) is 31.0 Å². The van der Waals surface area contributed by atoms with Crippen LogP contribution in [0.1, 0.15) is 36.5 Å². The fourth-order valence-corrected chi connectivity index (χ4v) is 1.85. The second-order valence-electron chi connectivity index (χ2n) is 4.89. The van der Waals surface area contributed by atoms with Crippen LogP contribution in [0.2, 0.25) is 0 Å². The summed E-state index contributed by atoms with van der Waals surface area (Å²) in [6, 6.07) is 5.01. The van der Waals surface area contributed by atoms with Crippen molar-refractivity contribution in [2.24, 2.45) is 0 Å². The first-order valence-corrected chi connectivity index (χ1v) is 7.84. The predicted molar refractivity (Wildman–Crippen MR) is 89.3 cm³/mol. The van der Waals surface area contributed by atoms with Crippen LogP contribution in [0, 0.1) is 0 Å². The normalized spacial score (nSPS) is 10.7. The highest BCUT2D eigenvalue weighted by Crippen LogP contribution is 2.28. The van der Waals surface area contributed by atoms with E-state index < -0.39 is 5.97 Å². The van der Waals surface area contributed by atoms with E-state index in [0.29, 0.717) is 30.3 Å². The lowest BCUT2D eigenvalue weighted by molar-refractivity contribution is 0.0387. The van der Waals surface area contributed by atoms with Gasteiger partial charge in [-0.2, -0.15) is 0 Å². The van der Waals surface area contributed by atoms with Gasteiger partial charge in [0, 0.05) is 7.11 Å². The molecular weight excluding hydrogens is 296 g/mol. The third kappa shape index (κ3) is 7.19. The van der Waals surface area contributed by atoms with Gasteiger partial charge in [-0.1, -0.05) is 25.5 Å². The van der Waals surface area contributed by atoms with Crippen LogP contribution < -0.4 is 9.47 Å². The molecule has 5 nitrogen and oxygen atoms in total. The number of hydrogen-bond donors (Lipinski definition) is 0. The molecule has 0 saturated heterocycles. The van der Waals surface area contributed by atoms with Gasteiger partial charge in [0.1, 0.15) is 6.61 Å². The third-order valence-electron chi connectivity index (χ3n) is 3.08. The van der Waals surface area contributed by atoms with Gasteiger partial charge in [0.15, 0.2) is 11.5 Å². The van der Waals surface area contributed by atoms with Crippen molar-refractivity contribution >= 4 is 5.97 Å². The largest absolute Gasteiger partial charge is 0.493 e. The summed E-state index contributed by atoms with van der Waals surface area (Å²) in [7, 11) is 3.10. The molecule has 0 aromatic heterocycles. The molecule has 1 aromatic carbocycles. The Bertz CT molecular complexity index is 496. The van der Waals surface area contributed by atoms with Gasteiger partial charge in [0.05, 0.1) is 25.9 Å². The quantitative estimate of drug-likeness (QED) is 0.354. The van der Waals surface area contributed by atoms with Crippen molar-refractivity contribution < 1.29 is 23.7 Å². The highest BCUT2D eigenvalue weighted by atomic mass is 16.6. The SMILES string of the molecule is CCC/C=C/CCOc1ccc(C(=O)OCCOC)cc1OC. The van der Waals surface area contributed by atoms with Gasteiger partial charge in [0.2, 0.25) is 0 Å². The van der Waals surface area contributed by atoms with Crippen molar-refractivity contribution in [1.82, 2.24) is 0 Å². The van der Waals surface area contributed by atoms with Crippen molar-refractivity contribution in [2.75, 3.05) is 34.0 Å². The predicted octanol–water partition coefficient (Wildman–Crippen LogP) is 3.62. The molecule has 0 aliphatic carbocycles. The van der Waals surface area contributed by atoms with E-state index in [0.717, 1.165) is 19.3 Å². The first-order chi connectivity index (χ1) is 11.2. The van der Waals surface area contributed by atoms with Crippen LogP contribution in [0.5, 0.6) is 11.5 Å². The summed E-state index contributed by atoms with van der Waals surface area (Å²) in [5.74, 6) is 0.725. The van der Waals surface area contributed by atoms with E-state index in [-0.39, 0.29) is 6.61 Å². The maximum absolute atomic E-state index is 11.9. The molecule has 0 amide bonds. The molecular formula is C18H26O5. The Morgan fingerprint density at radius 1 is 1.04 bits per heavy atom. The van der Waals surface area contributed by atoms with E-state index in [1.54, 1.807) is 32.4 Å². The number of hydrogen-bond acceptors (Lipinski definition) is 5. The molecule has 0 N–H and O–H groups in total. The number of carbonyl (C=O) groups excluding carboxylic acids is 1. The monoisotopic (exact) mass is 322 g/mol. The summed E-state index contributed by atoms with van der Waals surface area (Å²) in [6.07, 6.45) is 7.33. The van der Waals surface area contributed by atoms with E-state index >= 15 is 0 Å². The number of benzene rings is 1. The summed E-state index contributed by atoms with van der Waals surface area (Å²) < 4.78 is 20.9. The molecule has 128 valence electrons. The molecule has 0 spiro atoms. The topological polar surface area (TPSA) is 54.0 Å². The average molecular weight is 322 g/mol. The van der Waals surface area contributed by atoms with Gasteiger partial charge >= 0.3 is 5.97 Å². The lowest BCUT2D eigenvalue weighted by Gasteiger charge is -2.11. The van der Waals surface area contributed by atoms with Crippen molar-refractivity contribution in [3.8, 4) is 11.5 Å². The van der Waals surface area contributed by atoms with Crippen molar-refractivity contribution in [2.45, 2.75) is 26.2 Å². The summed E-state index contributed by atoms with van der Waals surface area (Å²) >= 11 is 0. The molecule has 0 heterocycles. The van der Waals surface area contributed by atoms with E-state index in [4.69, 9.17) is 18.9 Å². The maximum Gasteiger partial charge on any atom is 0.338 e. The number of esters is 1. The van der Waals surface area contributed by atoms with E-state index in [1.807, 2.05) is 0 Å². The molecule has 23 heavy (non-hydrogen) atoms. The smallest absolute Gasteiger partial charge is 0.338 e. The molecule has 1 rings (SSSR count). The zero-order valence-corrected chi connectivity index (χ0v) is 14.2. The molecule has 0 saturated carbocycles. The first-order valence-electron chi connectivity index (χ1n) is 7.84. The zero-order valence-electron chi connectivity index (χ0n) is 14.2. The van der Waals surface area contributed by atoms with Crippen LogP contribution >= 0.6 is 0 Å². The second-order valence-corrected chi connectivity index (χ2v) is 4.89. The molecule has 0 aliphatic rings. The zero-order chi connectivity index (χ0) is 16.9. The Labute approximate surface area is 138 Å². The Morgan fingerprint density at radius 2 is 1.83 bits per heavy atom. The van der Waals surface area contributed by atoms with Crippen LogP contribution in [-0.4, -0.2) is 40.0 Å². The summed E-state index contributed by atoms with van der Waals surface area (Å²) in [6.45, 7) is 3.30. The number of carbonyl (C=O) groups is 1. The number of unbranched alkanes of at least 4 members (excludes halogenated alkanes) is 1. The molecule has 0 unspecified atom stereocenters. The van der Waals surface area contributed by atoms with Crippen LogP contribution in [0.4, 0.5) is 0 Å². The van der Waals surface area contributed by atoms with Crippen LogP contribution in [0.3, 0.4) is 0 Å². The van der Waals surface area contributed by atoms with Gasteiger partial charge in [-0.25, -0.2) is 4.79 Å².